The van der Waals surface area contributed by atoms with E-state index in [9.17, 15) is 9.18 Å². The Kier molecular flexibility index (Phi) is 5.29. The van der Waals surface area contributed by atoms with E-state index < -0.39 is 18.3 Å². The van der Waals surface area contributed by atoms with Crippen LogP contribution < -0.4 is 15.8 Å². The zero-order valence-corrected chi connectivity index (χ0v) is 14.2. The van der Waals surface area contributed by atoms with Gasteiger partial charge in [-0.15, -0.1) is 0 Å². The highest BCUT2D eigenvalue weighted by Gasteiger charge is 2.37. The normalized spacial score (nSPS) is 19.5. The fourth-order valence-corrected chi connectivity index (χ4v) is 2.45. The third-order valence-corrected chi connectivity index (χ3v) is 3.75. The summed E-state index contributed by atoms with van der Waals surface area (Å²) in [4.78, 5) is 24.2. The molecule has 0 bridgehead atoms. The van der Waals surface area contributed by atoms with Gasteiger partial charge < -0.3 is 15.2 Å². The Bertz CT molecular complexity index is 833. The Labute approximate surface area is 153 Å². The number of ether oxygens (including phenoxy) is 2. The maximum absolute atomic E-state index is 13.7. The first kappa shape index (κ1) is 18.0. The average molecular weight is 380 g/mol. The molecule has 1 amide bonds. The number of hydrogen-bond donors (Lipinski definition) is 2. The van der Waals surface area contributed by atoms with Gasteiger partial charge in [-0.25, -0.2) is 19.2 Å². The molecule has 1 unspecified atom stereocenters. The number of halogens is 2. The highest BCUT2D eigenvalue weighted by molar-refractivity contribution is 6.30. The number of aliphatic imine (C=N–C) groups is 1. The van der Waals surface area contributed by atoms with E-state index in [0.29, 0.717) is 5.02 Å². The minimum atomic E-state index is -1.33. The Morgan fingerprint density at radius 3 is 2.96 bits per heavy atom. The molecule has 0 saturated heterocycles. The first-order chi connectivity index (χ1) is 12.5. The van der Waals surface area contributed by atoms with Crippen molar-refractivity contribution >= 4 is 29.3 Å². The smallest absolute Gasteiger partial charge is 0.391 e. The number of aromatic nitrogens is 2. The number of nitrogens with zero attached hydrogens (tertiary/aromatic N) is 3. The summed E-state index contributed by atoms with van der Waals surface area (Å²) >= 11 is 5.72. The van der Waals surface area contributed by atoms with Gasteiger partial charge in [0.25, 0.3) is 0 Å². The molecule has 10 heteroatoms. The van der Waals surface area contributed by atoms with Crippen LogP contribution in [0.2, 0.25) is 5.02 Å². The number of hydrogen-bond acceptors (Lipinski definition) is 7. The molecule has 0 saturated carbocycles. The number of amides is 1. The monoisotopic (exact) mass is 379 g/mol. The summed E-state index contributed by atoms with van der Waals surface area (Å²) in [7, 11) is 0. The zero-order valence-electron chi connectivity index (χ0n) is 13.5. The molecule has 0 fully saturated rings. The van der Waals surface area contributed by atoms with Crippen molar-refractivity contribution in [3.63, 3.8) is 0 Å². The molecule has 0 spiro atoms. The molecule has 0 aromatic carbocycles. The Balaban J connectivity index is 1.75. The van der Waals surface area contributed by atoms with Crippen molar-refractivity contribution in [3.05, 3.63) is 47.2 Å². The van der Waals surface area contributed by atoms with Crippen LogP contribution in [-0.2, 0) is 10.3 Å². The summed E-state index contributed by atoms with van der Waals surface area (Å²) in [6.07, 6.45) is 0.543. The quantitative estimate of drug-likeness (QED) is 0.843. The Hall–Kier alpha value is -2.78. The van der Waals surface area contributed by atoms with E-state index in [1.807, 2.05) is 0 Å². The minimum absolute atomic E-state index is 0.000204. The molecule has 0 radical (unpaired) electrons. The molecule has 1 aliphatic rings. The van der Waals surface area contributed by atoms with Crippen LogP contribution in [0.25, 0.3) is 0 Å². The van der Waals surface area contributed by atoms with Gasteiger partial charge in [0.05, 0.1) is 17.3 Å². The minimum Gasteiger partial charge on any atom is -0.391 e. The predicted molar refractivity (Wildman–Crippen MR) is 93.2 cm³/mol. The number of alkyl halides is 1. The van der Waals surface area contributed by atoms with Gasteiger partial charge in [0.15, 0.2) is 5.54 Å². The van der Waals surface area contributed by atoms with Crippen molar-refractivity contribution in [1.82, 2.24) is 9.97 Å². The molecule has 8 nitrogen and oxygen atoms in total. The number of rotatable bonds is 4. The summed E-state index contributed by atoms with van der Waals surface area (Å²) in [5.74, 6) is 0.414. The lowest BCUT2D eigenvalue weighted by Gasteiger charge is -2.30. The zero-order chi connectivity index (χ0) is 18.6. The second kappa shape index (κ2) is 7.63. The van der Waals surface area contributed by atoms with E-state index in [1.54, 1.807) is 12.1 Å². The molecular formula is C16H15ClFN5O3. The van der Waals surface area contributed by atoms with Crippen LogP contribution in [0.5, 0.6) is 5.88 Å². The van der Waals surface area contributed by atoms with Gasteiger partial charge in [-0.3, -0.25) is 10.3 Å². The second-order valence-corrected chi connectivity index (χ2v) is 5.93. The van der Waals surface area contributed by atoms with Gasteiger partial charge >= 0.3 is 6.09 Å². The number of anilines is 1. The van der Waals surface area contributed by atoms with Crippen molar-refractivity contribution in [2.75, 3.05) is 25.2 Å². The molecule has 136 valence electrons. The molecule has 3 N–H and O–H groups in total. The topological polar surface area (TPSA) is 112 Å². The van der Waals surface area contributed by atoms with Crippen LogP contribution in [0.3, 0.4) is 0 Å². The maximum atomic E-state index is 13.7. The lowest BCUT2D eigenvalue weighted by Crippen LogP contribution is -2.42. The van der Waals surface area contributed by atoms with Crippen LogP contribution in [0, 0.1) is 0 Å². The number of amidine groups is 1. The number of pyridine rings is 2. The van der Waals surface area contributed by atoms with Gasteiger partial charge in [-0.05, 0) is 18.2 Å². The van der Waals surface area contributed by atoms with E-state index in [0.717, 1.165) is 0 Å². The molecule has 26 heavy (non-hydrogen) atoms. The van der Waals surface area contributed by atoms with Crippen LogP contribution in [0.4, 0.5) is 15.0 Å². The summed E-state index contributed by atoms with van der Waals surface area (Å²) in [6, 6.07) is 7.70. The average Bonchev–Trinajstić information content (AvgIpc) is 2.63. The van der Waals surface area contributed by atoms with Crippen molar-refractivity contribution in [2.45, 2.75) is 5.54 Å². The van der Waals surface area contributed by atoms with E-state index in [-0.39, 0.29) is 36.4 Å². The number of carbonyl (C=O) groups is 1. The number of carbonyl (C=O) groups excluding carboxylic acids is 1. The van der Waals surface area contributed by atoms with Crippen LogP contribution >= 0.6 is 11.6 Å². The van der Waals surface area contributed by atoms with Gasteiger partial charge in [-0.1, -0.05) is 17.7 Å². The van der Waals surface area contributed by atoms with Crippen LogP contribution in [0.1, 0.15) is 5.69 Å². The van der Waals surface area contributed by atoms with Gasteiger partial charge in [0, 0.05) is 12.3 Å². The first-order valence-electron chi connectivity index (χ1n) is 7.56. The van der Waals surface area contributed by atoms with Crippen LogP contribution in [0.15, 0.2) is 41.5 Å². The fraction of sp³-hybridized carbons (Fsp3) is 0.250. The van der Waals surface area contributed by atoms with Crippen molar-refractivity contribution in [1.29, 1.82) is 0 Å². The number of nitrogens with two attached hydrogens (primary N) is 1. The molecular weight excluding hydrogens is 365 g/mol. The summed E-state index contributed by atoms with van der Waals surface area (Å²) < 4.78 is 24.0. The SMILES string of the molecule is NC1=NC(CF)(c2cccc(NC(=O)Oc3ccc(Cl)cn3)n2)COC1. The summed E-state index contributed by atoms with van der Waals surface area (Å²) in [5.41, 5.74) is 4.61. The second-order valence-electron chi connectivity index (χ2n) is 5.50. The van der Waals surface area contributed by atoms with Crippen LogP contribution in [-0.4, -0.2) is 41.8 Å². The lowest BCUT2D eigenvalue weighted by atomic mass is 9.97. The fourth-order valence-electron chi connectivity index (χ4n) is 2.34. The third kappa shape index (κ3) is 4.06. The van der Waals surface area contributed by atoms with Crippen molar-refractivity contribution < 1.29 is 18.7 Å². The van der Waals surface area contributed by atoms with Gasteiger partial charge in [-0.2, -0.15) is 0 Å². The molecule has 2 aromatic rings. The van der Waals surface area contributed by atoms with E-state index >= 15 is 0 Å². The van der Waals surface area contributed by atoms with E-state index in [4.69, 9.17) is 26.8 Å². The predicted octanol–water partition coefficient (Wildman–Crippen LogP) is 2.29. The van der Waals surface area contributed by atoms with Gasteiger partial charge in [0.2, 0.25) is 5.88 Å². The molecule has 3 heterocycles. The summed E-state index contributed by atoms with van der Waals surface area (Å²) in [6.45, 7) is -0.705. The molecule has 1 atom stereocenters. The van der Waals surface area contributed by atoms with Crippen molar-refractivity contribution in [3.8, 4) is 5.88 Å². The maximum Gasteiger partial charge on any atom is 0.419 e. The van der Waals surface area contributed by atoms with Gasteiger partial charge in [0.1, 0.15) is 24.9 Å². The largest absolute Gasteiger partial charge is 0.419 e. The number of nitrogens with one attached hydrogen (secondary N) is 1. The first-order valence-corrected chi connectivity index (χ1v) is 7.94. The molecule has 0 aliphatic carbocycles. The Morgan fingerprint density at radius 1 is 1.42 bits per heavy atom. The highest BCUT2D eigenvalue weighted by atomic mass is 35.5. The molecule has 1 aliphatic heterocycles. The van der Waals surface area contributed by atoms with Crippen molar-refractivity contribution in [2.24, 2.45) is 10.7 Å². The highest BCUT2D eigenvalue weighted by Crippen LogP contribution is 2.29. The third-order valence-electron chi connectivity index (χ3n) is 3.52. The standard InChI is InChI=1S/C16H15ClFN5O3/c17-10-4-5-14(20-6-10)26-15(24)22-13-3-1-2-11(21-13)16(8-18)9-25-7-12(19)23-16/h1-6H,7-9H2,(H2,19,23)(H,21,22,24). The summed E-state index contributed by atoms with van der Waals surface area (Å²) in [5, 5.41) is 2.86. The molecule has 3 rings (SSSR count). The Morgan fingerprint density at radius 2 is 2.27 bits per heavy atom. The van der Waals surface area contributed by atoms with E-state index in [1.165, 1.54) is 24.4 Å². The lowest BCUT2D eigenvalue weighted by molar-refractivity contribution is 0.0807. The van der Waals surface area contributed by atoms with E-state index in [2.05, 4.69) is 20.3 Å². The molecule has 2 aromatic heterocycles.